The number of ether oxygens (including phenoxy) is 4. The minimum atomic E-state index is -1.04. The van der Waals surface area contributed by atoms with Crippen LogP contribution in [-0.2, 0) is 0 Å². The molecule has 1 aliphatic heterocycles. The first-order valence-corrected chi connectivity index (χ1v) is 9.31. The first kappa shape index (κ1) is 20.7. The second kappa shape index (κ2) is 8.17. The number of ketones is 1. The zero-order valence-electron chi connectivity index (χ0n) is 17.3. The molecule has 0 fully saturated rings. The molecule has 6 nitrogen and oxygen atoms in total. The Morgan fingerprint density at radius 1 is 1.07 bits per heavy atom. The lowest BCUT2D eigenvalue weighted by Crippen LogP contribution is -2.22. The zero-order valence-corrected chi connectivity index (χ0v) is 17.3. The Morgan fingerprint density at radius 2 is 1.72 bits per heavy atom. The molecule has 0 spiro atoms. The van der Waals surface area contributed by atoms with Crippen molar-refractivity contribution < 1.29 is 28.8 Å². The third-order valence-corrected chi connectivity index (χ3v) is 4.74. The van der Waals surface area contributed by atoms with Gasteiger partial charge in [-0.15, -0.1) is 0 Å². The highest BCUT2D eigenvalue weighted by Crippen LogP contribution is 2.46. The molecule has 0 radical (unpaired) electrons. The molecule has 0 aliphatic carbocycles. The molecule has 6 heteroatoms. The highest BCUT2D eigenvalue weighted by molar-refractivity contribution is 6.04. The molecule has 1 N–H and O–H groups in total. The summed E-state index contributed by atoms with van der Waals surface area (Å²) < 4.78 is 22.4. The molecule has 154 valence electrons. The number of hydrogen-bond acceptors (Lipinski definition) is 6. The van der Waals surface area contributed by atoms with E-state index in [1.165, 1.54) is 14.2 Å². The number of Topliss-reactive ketones (excluding diaryl/α,β-unsaturated/α-hetero) is 1. The molecule has 1 heterocycles. The molecule has 1 unspecified atom stereocenters. The fourth-order valence-corrected chi connectivity index (χ4v) is 3.25. The van der Waals surface area contributed by atoms with Gasteiger partial charge in [-0.2, -0.15) is 0 Å². The predicted octanol–water partition coefficient (Wildman–Crippen LogP) is 4.20. The number of fused-ring (bicyclic) bond motifs is 1. The van der Waals surface area contributed by atoms with Gasteiger partial charge in [0.05, 0.1) is 38.9 Å². The van der Waals surface area contributed by atoms with Crippen molar-refractivity contribution in [3.8, 4) is 23.0 Å². The van der Waals surface area contributed by atoms with E-state index in [4.69, 9.17) is 18.9 Å². The Labute approximate surface area is 170 Å². The molecular formula is C23H26O6. The van der Waals surface area contributed by atoms with Gasteiger partial charge < -0.3 is 24.1 Å². The van der Waals surface area contributed by atoms with Crippen molar-refractivity contribution in [1.29, 1.82) is 0 Å². The third-order valence-electron chi connectivity index (χ3n) is 4.74. The van der Waals surface area contributed by atoms with Gasteiger partial charge in [0.2, 0.25) is 0 Å². The Hall–Kier alpha value is -2.99. The summed E-state index contributed by atoms with van der Waals surface area (Å²) in [6.45, 7) is 3.33. The topological polar surface area (TPSA) is 74.2 Å². The Balaban J connectivity index is 2.12. The first-order chi connectivity index (χ1) is 13.8. The lowest BCUT2D eigenvalue weighted by atomic mass is 9.92. The number of carbonyl (C=O) groups excluding carboxylic acids is 1. The summed E-state index contributed by atoms with van der Waals surface area (Å²) in [5.74, 6) is 1.93. The second-order valence-electron chi connectivity index (χ2n) is 7.39. The van der Waals surface area contributed by atoms with E-state index in [1.54, 1.807) is 39.2 Å². The highest BCUT2D eigenvalue weighted by Gasteiger charge is 2.34. The van der Waals surface area contributed by atoms with Crippen molar-refractivity contribution in [2.45, 2.75) is 32.0 Å². The molecular weight excluding hydrogens is 372 g/mol. The SMILES string of the molecule is COc1ccc(C2CC(=O)c3c(OC)cc(OC)c(C=CC(C)(C)O)c3O2)cc1. The molecule has 1 atom stereocenters. The van der Waals surface area contributed by atoms with Gasteiger partial charge >= 0.3 is 0 Å². The van der Waals surface area contributed by atoms with E-state index in [9.17, 15) is 9.90 Å². The summed E-state index contributed by atoms with van der Waals surface area (Å²) in [6, 6.07) is 9.09. The lowest BCUT2D eigenvalue weighted by Gasteiger charge is -2.29. The second-order valence-corrected chi connectivity index (χ2v) is 7.39. The van der Waals surface area contributed by atoms with Crippen LogP contribution in [0.25, 0.3) is 6.08 Å². The van der Waals surface area contributed by atoms with E-state index < -0.39 is 11.7 Å². The maximum atomic E-state index is 13.0. The van der Waals surface area contributed by atoms with Crippen molar-refractivity contribution in [2.75, 3.05) is 21.3 Å². The molecule has 0 amide bonds. The van der Waals surface area contributed by atoms with Gasteiger partial charge in [-0.25, -0.2) is 0 Å². The summed E-state index contributed by atoms with van der Waals surface area (Å²) in [6.07, 6.45) is 3.08. The summed E-state index contributed by atoms with van der Waals surface area (Å²) in [7, 11) is 4.64. The van der Waals surface area contributed by atoms with Gasteiger partial charge in [0.25, 0.3) is 0 Å². The highest BCUT2D eigenvalue weighted by atomic mass is 16.5. The van der Waals surface area contributed by atoms with Crippen LogP contribution in [0.5, 0.6) is 23.0 Å². The van der Waals surface area contributed by atoms with E-state index in [0.29, 0.717) is 28.4 Å². The minimum Gasteiger partial charge on any atom is -0.497 e. The zero-order chi connectivity index (χ0) is 21.2. The van der Waals surface area contributed by atoms with E-state index in [-0.39, 0.29) is 12.2 Å². The van der Waals surface area contributed by atoms with E-state index in [2.05, 4.69) is 0 Å². The molecule has 29 heavy (non-hydrogen) atoms. The molecule has 3 rings (SSSR count). The van der Waals surface area contributed by atoms with Gasteiger partial charge in [-0.05, 0) is 37.6 Å². The molecule has 1 aliphatic rings. The van der Waals surface area contributed by atoms with Crippen LogP contribution in [0.1, 0.15) is 47.9 Å². The van der Waals surface area contributed by atoms with Crippen LogP contribution in [-0.4, -0.2) is 37.8 Å². The Morgan fingerprint density at radius 3 is 2.28 bits per heavy atom. The van der Waals surface area contributed by atoms with E-state index in [1.807, 2.05) is 24.3 Å². The quantitative estimate of drug-likeness (QED) is 0.786. The van der Waals surface area contributed by atoms with Crippen LogP contribution in [0.3, 0.4) is 0 Å². The van der Waals surface area contributed by atoms with E-state index in [0.717, 1.165) is 11.3 Å². The number of aliphatic hydroxyl groups is 1. The van der Waals surface area contributed by atoms with Crippen molar-refractivity contribution >= 4 is 11.9 Å². The van der Waals surface area contributed by atoms with Crippen LogP contribution in [0.15, 0.2) is 36.4 Å². The Bertz CT molecular complexity index is 922. The molecule has 0 bridgehead atoms. The first-order valence-electron chi connectivity index (χ1n) is 9.31. The monoisotopic (exact) mass is 398 g/mol. The van der Waals surface area contributed by atoms with Crippen LogP contribution in [0, 0.1) is 0 Å². The molecule has 2 aromatic carbocycles. The van der Waals surface area contributed by atoms with Crippen LogP contribution < -0.4 is 18.9 Å². The number of benzene rings is 2. The van der Waals surface area contributed by atoms with Crippen LogP contribution in [0.4, 0.5) is 0 Å². The predicted molar refractivity (Wildman–Crippen MR) is 110 cm³/mol. The summed E-state index contributed by atoms with van der Waals surface area (Å²) in [5.41, 5.74) is 0.792. The van der Waals surface area contributed by atoms with Gasteiger partial charge in [-0.3, -0.25) is 4.79 Å². The van der Waals surface area contributed by atoms with Crippen LogP contribution >= 0.6 is 0 Å². The maximum absolute atomic E-state index is 13.0. The molecule has 2 aromatic rings. The number of hydrogen-bond donors (Lipinski definition) is 1. The summed E-state index contributed by atoms with van der Waals surface area (Å²) >= 11 is 0. The summed E-state index contributed by atoms with van der Waals surface area (Å²) in [4.78, 5) is 13.0. The van der Waals surface area contributed by atoms with Crippen molar-refractivity contribution in [3.63, 3.8) is 0 Å². The maximum Gasteiger partial charge on any atom is 0.174 e. The average Bonchev–Trinajstić information content (AvgIpc) is 2.70. The van der Waals surface area contributed by atoms with Gasteiger partial charge in [0.15, 0.2) is 5.78 Å². The van der Waals surface area contributed by atoms with Gasteiger partial charge in [0, 0.05) is 6.07 Å². The largest absolute Gasteiger partial charge is 0.497 e. The van der Waals surface area contributed by atoms with Gasteiger partial charge in [-0.1, -0.05) is 18.2 Å². The fourth-order valence-electron chi connectivity index (χ4n) is 3.25. The van der Waals surface area contributed by atoms with E-state index >= 15 is 0 Å². The third kappa shape index (κ3) is 4.38. The summed E-state index contributed by atoms with van der Waals surface area (Å²) in [5, 5.41) is 10.1. The molecule has 0 saturated heterocycles. The van der Waals surface area contributed by atoms with Crippen molar-refractivity contribution in [2.24, 2.45) is 0 Å². The minimum absolute atomic E-state index is 0.0792. The van der Waals surface area contributed by atoms with Crippen molar-refractivity contribution in [3.05, 3.63) is 53.1 Å². The van der Waals surface area contributed by atoms with Gasteiger partial charge in [0.1, 0.15) is 34.7 Å². The molecule has 0 aromatic heterocycles. The Kier molecular flexibility index (Phi) is 5.84. The average molecular weight is 398 g/mol. The van der Waals surface area contributed by atoms with Crippen molar-refractivity contribution in [1.82, 2.24) is 0 Å². The fraction of sp³-hybridized carbons (Fsp3) is 0.348. The number of rotatable bonds is 6. The smallest absolute Gasteiger partial charge is 0.174 e. The lowest BCUT2D eigenvalue weighted by molar-refractivity contribution is 0.0843. The molecule has 0 saturated carbocycles. The number of methoxy groups -OCH3 is 3. The normalized spacial score (nSPS) is 16.3. The van der Waals surface area contributed by atoms with Crippen LogP contribution in [0.2, 0.25) is 0 Å². The number of carbonyl (C=O) groups is 1. The standard InChI is InChI=1S/C23H26O6/c1-23(2,25)11-10-16-19(27-4)13-20(28-5)21-17(24)12-18(29-22(16)21)14-6-8-15(26-3)9-7-14/h6-11,13,18,25H,12H2,1-5H3.